The number of nitrogens with zero attached hydrogens (tertiary/aromatic N) is 3. The molecule has 1 saturated heterocycles. The summed E-state index contributed by atoms with van der Waals surface area (Å²) in [5.41, 5.74) is 0.376. The second-order valence-electron chi connectivity index (χ2n) is 5.58. The van der Waals surface area contributed by atoms with E-state index in [9.17, 15) is 8.42 Å². The molecule has 0 amide bonds. The normalized spacial score (nSPS) is 18.6. The van der Waals surface area contributed by atoms with Gasteiger partial charge in [0.1, 0.15) is 9.75 Å². The van der Waals surface area contributed by atoms with E-state index in [1.165, 1.54) is 15.6 Å². The van der Waals surface area contributed by atoms with Crippen LogP contribution in [0.5, 0.6) is 0 Å². The largest absolute Gasteiger partial charge is 0.283 e. The van der Waals surface area contributed by atoms with Crippen LogP contribution < -0.4 is 0 Å². The first-order valence-electron chi connectivity index (χ1n) is 6.61. The molecule has 0 atom stereocenters. The molecule has 21 heavy (non-hydrogen) atoms. The van der Waals surface area contributed by atoms with Gasteiger partial charge in [-0.15, -0.1) is 11.3 Å². The zero-order valence-electron chi connectivity index (χ0n) is 12.3. The summed E-state index contributed by atoms with van der Waals surface area (Å²) in [5, 5.41) is 9.16. The minimum absolute atomic E-state index is 0.375. The fraction of sp³-hybridized carbons (Fsp3) is 0.615. The van der Waals surface area contributed by atoms with Crippen molar-refractivity contribution in [3.63, 3.8) is 0 Å². The number of aryl methyl sites for hydroxylation is 1. The van der Waals surface area contributed by atoms with Crippen LogP contribution in [-0.4, -0.2) is 49.3 Å². The number of nitriles is 1. The molecule has 1 aromatic rings. The molecule has 0 radical (unpaired) electrons. The van der Waals surface area contributed by atoms with E-state index >= 15 is 0 Å². The minimum Gasteiger partial charge on any atom is -0.283 e. The van der Waals surface area contributed by atoms with Crippen LogP contribution in [0.1, 0.15) is 19.4 Å². The standard InChI is InChI=1S/C13H18BrN3O2S2/c1-10-8-11(20-12(10)14)21(18,19)17-6-4-16(5-7-17)13(2,3)9-15/h8H,4-7H2,1-3H3. The van der Waals surface area contributed by atoms with Crippen LogP contribution in [0, 0.1) is 18.3 Å². The first-order valence-corrected chi connectivity index (χ1v) is 9.66. The van der Waals surface area contributed by atoms with Gasteiger partial charge in [0.2, 0.25) is 0 Å². The van der Waals surface area contributed by atoms with Gasteiger partial charge in [0.15, 0.2) is 0 Å². The van der Waals surface area contributed by atoms with Gasteiger partial charge in [-0.05, 0) is 48.3 Å². The van der Waals surface area contributed by atoms with Crippen molar-refractivity contribution in [3.8, 4) is 6.07 Å². The van der Waals surface area contributed by atoms with Gasteiger partial charge in [0, 0.05) is 26.2 Å². The van der Waals surface area contributed by atoms with Crippen LogP contribution in [0.3, 0.4) is 0 Å². The Bertz CT molecular complexity index is 649. The van der Waals surface area contributed by atoms with Crippen LogP contribution in [0.25, 0.3) is 0 Å². The van der Waals surface area contributed by atoms with Crippen molar-refractivity contribution in [2.75, 3.05) is 26.2 Å². The molecule has 1 fully saturated rings. The summed E-state index contributed by atoms with van der Waals surface area (Å²) in [6, 6.07) is 3.96. The highest BCUT2D eigenvalue weighted by Gasteiger charge is 2.35. The number of piperazine rings is 1. The quantitative estimate of drug-likeness (QED) is 0.793. The average Bonchev–Trinajstić information content (AvgIpc) is 2.79. The summed E-state index contributed by atoms with van der Waals surface area (Å²) >= 11 is 4.62. The first kappa shape index (κ1) is 16.9. The SMILES string of the molecule is Cc1cc(S(=O)(=O)N2CCN(C(C)(C)C#N)CC2)sc1Br. The zero-order chi connectivity index (χ0) is 15.8. The average molecular weight is 392 g/mol. The monoisotopic (exact) mass is 391 g/mol. The fourth-order valence-electron chi connectivity index (χ4n) is 2.24. The molecule has 8 heteroatoms. The lowest BCUT2D eigenvalue weighted by Crippen LogP contribution is -2.55. The maximum absolute atomic E-state index is 12.6. The smallest absolute Gasteiger partial charge is 0.252 e. The van der Waals surface area contributed by atoms with E-state index < -0.39 is 15.6 Å². The third kappa shape index (κ3) is 3.32. The van der Waals surface area contributed by atoms with Gasteiger partial charge in [-0.3, -0.25) is 4.90 Å². The molecule has 1 aliphatic rings. The molecular formula is C13H18BrN3O2S2. The van der Waals surface area contributed by atoms with Crippen LogP contribution in [0.2, 0.25) is 0 Å². The molecule has 0 N–H and O–H groups in total. The highest BCUT2D eigenvalue weighted by atomic mass is 79.9. The molecular weight excluding hydrogens is 374 g/mol. The molecule has 0 aliphatic carbocycles. The lowest BCUT2D eigenvalue weighted by molar-refractivity contribution is 0.115. The van der Waals surface area contributed by atoms with Crippen LogP contribution >= 0.6 is 27.3 Å². The van der Waals surface area contributed by atoms with E-state index in [4.69, 9.17) is 5.26 Å². The molecule has 0 saturated carbocycles. The lowest BCUT2D eigenvalue weighted by Gasteiger charge is -2.39. The Morgan fingerprint density at radius 1 is 1.33 bits per heavy atom. The Labute approximate surface area is 138 Å². The van der Waals surface area contributed by atoms with Crippen LogP contribution in [-0.2, 0) is 10.0 Å². The summed E-state index contributed by atoms with van der Waals surface area (Å²) in [7, 11) is -3.43. The van der Waals surface area contributed by atoms with E-state index in [0.29, 0.717) is 30.4 Å². The van der Waals surface area contributed by atoms with Crippen LogP contribution in [0.4, 0.5) is 0 Å². The highest BCUT2D eigenvalue weighted by molar-refractivity contribution is 9.11. The molecule has 0 aromatic carbocycles. The summed E-state index contributed by atoms with van der Waals surface area (Å²) in [4.78, 5) is 2.02. The van der Waals surface area contributed by atoms with Crippen molar-refractivity contribution in [1.82, 2.24) is 9.21 Å². The third-order valence-corrected chi connectivity index (χ3v) is 8.22. The molecule has 5 nitrogen and oxygen atoms in total. The maximum Gasteiger partial charge on any atom is 0.252 e. The number of halogens is 1. The number of sulfonamides is 1. The summed E-state index contributed by atoms with van der Waals surface area (Å²) in [5.74, 6) is 0. The number of hydrogen-bond acceptors (Lipinski definition) is 5. The molecule has 116 valence electrons. The second-order valence-corrected chi connectivity index (χ2v) is 10.1. The second kappa shape index (κ2) is 5.97. The van der Waals surface area contributed by atoms with E-state index in [1.54, 1.807) is 6.07 Å². The lowest BCUT2D eigenvalue weighted by atomic mass is 10.0. The highest BCUT2D eigenvalue weighted by Crippen LogP contribution is 2.32. The predicted molar refractivity (Wildman–Crippen MR) is 86.8 cm³/mol. The van der Waals surface area contributed by atoms with Gasteiger partial charge >= 0.3 is 0 Å². The molecule has 2 heterocycles. The minimum atomic E-state index is -3.43. The van der Waals surface area contributed by atoms with Gasteiger partial charge in [0.25, 0.3) is 10.0 Å². The summed E-state index contributed by atoms with van der Waals surface area (Å²) in [6.45, 7) is 7.58. The van der Waals surface area contributed by atoms with Crippen LogP contribution in [0.15, 0.2) is 14.1 Å². The van der Waals surface area contributed by atoms with E-state index in [1.807, 2.05) is 25.7 Å². The van der Waals surface area contributed by atoms with Gasteiger partial charge < -0.3 is 0 Å². The Morgan fingerprint density at radius 2 is 1.90 bits per heavy atom. The summed E-state index contributed by atoms with van der Waals surface area (Å²) < 4.78 is 28.0. The number of hydrogen-bond donors (Lipinski definition) is 0. The van der Waals surface area contributed by atoms with Crippen molar-refractivity contribution < 1.29 is 8.42 Å². The van der Waals surface area contributed by atoms with Crippen molar-refractivity contribution >= 4 is 37.3 Å². The molecule has 0 bridgehead atoms. The van der Waals surface area contributed by atoms with Gasteiger partial charge in [-0.1, -0.05) is 0 Å². The maximum atomic E-state index is 12.6. The molecule has 2 rings (SSSR count). The van der Waals surface area contributed by atoms with E-state index in [-0.39, 0.29) is 0 Å². The topological polar surface area (TPSA) is 64.4 Å². The van der Waals surface area contributed by atoms with Gasteiger partial charge in [-0.25, -0.2) is 8.42 Å². The predicted octanol–water partition coefficient (Wildman–Crippen LogP) is 2.43. The van der Waals surface area contributed by atoms with Gasteiger partial charge in [-0.2, -0.15) is 9.57 Å². The number of thiophene rings is 1. The Morgan fingerprint density at radius 3 is 2.33 bits per heavy atom. The molecule has 1 aliphatic heterocycles. The van der Waals surface area contributed by atoms with E-state index in [2.05, 4.69) is 22.0 Å². The van der Waals surface area contributed by atoms with Crippen molar-refractivity contribution in [2.45, 2.75) is 30.5 Å². The third-order valence-electron chi connectivity index (χ3n) is 3.73. The van der Waals surface area contributed by atoms with Crippen molar-refractivity contribution in [1.29, 1.82) is 5.26 Å². The van der Waals surface area contributed by atoms with Gasteiger partial charge in [0.05, 0.1) is 9.86 Å². The van der Waals surface area contributed by atoms with E-state index in [0.717, 1.165) is 9.35 Å². The fourth-order valence-corrected chi connectivity index (χ4v) is 6.05. The first-order chi connectivity index (χ1) is 9.68. The Balaban J connectivity index is 2.13. The molecule has 0 spiro atoms. The zero-order valence-corrected chi connectivity index (χ0v) is 15.5. The number of rotatable bonds is 3. The molecule has 0 unspecified atom stereocenters. The molecule has 1 aromatic heterocycles. The Hall–Kier alpha value is -0.460. The van der Waals surface area contributed by atoms with Crippen molar-refractivity contribution in [2.24, 2.45) is 0 Å². The summed E-state index contributed by atoms with van der Waals surface area (Å²) in [6.07, 6.45) is 0. The Kier molecular flexibility index (Phi) is 4.81. The van der Waals surface area contributed by atoms with Crippen molar-refractivity contribution in [3.05, 3.63) is 15.4 Å².